The molecule has 0 amide bonds. The van der Waals surface area contributed by atoms with Crippen LogP contribution in [0.15, 0.2) is 18.2 Å². The number of carbonyl (C=O) groups is 1. The third kappa shape index (κ3) is 2.57. The third-order valence-corrected chi connectivity index (χ3v) is 2.64. The minimum absolute atomic E-state index is 0.386. The van der Waals surface area contributed by atoms with Gasteiger partial charge in [-0.1, -0.05) is 30.7 Å². The van der Waals surface area contributed by atoms with Crippen LogP contribution in [0.25, 0.3) is 0 Å². The van der Waals surface area contributed by atoms with Gasteiger partial charge in [0.2, 0.25) is 0 Å². The van der Waals surface area contributed by atoms with Crippen LogP contribution in [0.5, 0.6) is 0 Å². The highest BCUT2D eigenvalue weighted by Gasteiger charge is 2.23. The molecule has 2 unspecified atom stereocenters. The largest absolute Gasteiger partial charge is 0.479 e. The summed E-state index contributed by atoms with van der Waals surface area (Å²) in [4.78, 5) is 10.6. The van der Waals surface area contributed by atoms with E-state index in [1.165, 1.54) is 0 Å². The van der Waals surface area contributed by atoms with Crippen molar-refractivity contribution in [3.63, 3.8) is 0 Å². The van der Waals surface area contributed by atoms with Gasteiger partial charge in [0.05, 0.1) is 0 Å². The Labute approximate surface area is 89.4 Å². The van der Waals surface area contributed by atoms with E-state index in [-0.39, 0.29) is 5.92 Å². The quantitative estimate of drug-likeness (QED) is 0.797. The molecule has 0 radical (unpaired) electrons. The van der Waals surface area contributed by atoms with Crippen LogP contribution in [0.1, 0.15) is 29.5 Å². The molecule has 2 atom stereocenters. The van der Waals surface area contributed by atoms with Crippen LogP contribution in [0.4, 0.5) is 0 Å². The van der Waals surface area contributed by atoms with Crippen LogP contribution < -0.4 is 0 Å². The Kier molecular flexibility index (Phi) is 3.48. The number of hydrogen-bond acceptors (Lipinski definition) is 2. The van der Waals surface area contributed by atoms with E-state index in [0.29, 0.717) is 0 Å². The van der Waals surface area contributed by atoms with Crippen LogP contribution in [0.3, 0.4) is 0 Å². The number of aliphatic carboxylic acids is 1. The smallest absolute Gasteiger partial charge is 0.333 e. The van der Waals surface area contributed by atoms with Gasteiger partial charge in [0.25, 0.3) is 0 Å². The number of aliphatic hydroxyl groups is 1. The Morgan fingerprint density at radius 1 is 1.33 bits per heavy atom. The van der Waals surface area contributed by atoms with Gasteiger partial charge in [0, 0.05) is 5.92 Å². The molecule has 0 aliphatic carbocycles. The first-order chi connectivity index (χ1) is 6.93. The van der Waals surface area contributed by atoms with Crippen LogP contribution in [0, 0.1) is 13.8 Å². The predicted octanol–water partition coefficient (Wildman–Crippen LogP) is 1.85. The normalized spacial score (nSPS) is 14.7. The molecule has 82 valence electrons. The van der Waals surface area contributed by atoms with Crippen LogP contribution in [-0.2, 0) is 4.79 Å². The van der Waals surface area contributed by atoms with Crippen molar-refractivity contribution in [2.24, 2.45) is 0 Å². The van der Waals surface area contributed by atoms with Crippen LogP contribution in [-0.4, -0.2) is 22.3 Å². The Hall–Kier alpha value is -1.35. The van der Waals surface area contributed by atoms with E-state index < -0.39 is 12.1 Å². The van der Waals surface area contributed by atoms with Crippen molar-refractivity contribution in [2.75, 3.05) is 0 Å². The van der Waals surface area contributed by atoms with Gasteiger partial charge in [-0.3, -0.25) is 0 Å². The minimum Gasteiger partial charge on any atom is -0.479 e. The van der Waals surface area contributed by atoms with Gasteiger partial charge in [-0.2, -0.15) is 0 Å². The monoisotopic (exact) mass is 208 g/mol. The number of aryl methyl sites for hydroxylation is 2. The number of rotatable bonds is 3. The lowest BCUT2D eigenvalue weighted by atomic mass is 9.91. The second-order valence-corrected chi connectivity index (χ2v) is 3.93. The molecule has 1 aromatic rings. The molecule has 1 aromatic carbocycles. The maximum absolute atomic E-state index is 10.6. The summed E-state index contributed by atoms with van der Waals surface area (Å²) < 4.78 is 0. The van der Waals surface area contributed by atoms with Crippen LogP contribution in [0.2, 0.25) is 0 Å². The minimum atomic E-state index is -1.34. The highest BCUT2D eigenvalue weighted by Crippen LogP contribution is 2.23. The maximum Gasteiger partial charge on any atom is 0.333 e. The molecule has 0 saturated heterocycles. The average Bonchev–Trinajstić information content (AvgIpc) is 2.15. The van der Waals surface area contributed by atoms with Crippen molar-refractivity contribution in [1.82, 2.24) is 0 Å². The summed E-state index contributed by atoms with van der Waals surface area (Å²) in [7, 11) is 0. The molecule has 2 N–H and O–H groups in total. The Balaban J connectivity index is 3.01. The van der Waals surface area contributed by atoms with Crippen molar-refractivity contribution < 1.29 is 15.0 Å². The summed E-state index contributed by atoms with van der Waals surface area (Å²) in [6.45, 7) is 5.62. The SMILES string of the molecule is Cc1ccc(C(C)C(O)C(=O)O)c(C)c1. The van der Waals surface area contributed by atoms with E-state index in [0.717, 1.165) is 16.7 Å². The summed E-state index contributed by atoms with van der Waals surface area (Å²) >= 11 is 0. The van der Waals surface area contributed by atoms with Gasteiger partial charge in [-0.05, 0) is 25.0 Å². The zero-order chi connectivity index (χ0) is 11.6. The lowest BCUT2D eigenvalue weighted by Gasteiger charge is -2.17. The second kappa shape index (κ2) is 4.45. The highest BCUT2D eigenvalue weighted by atomic mass is 16.4. The topological polar surface area (TPSA) is 57.5 Å². The van der Waals surface area contributed by atoms with E-state index >= 15 is 0 Å². The van der Waals surface area contributed by atoms with E-state index in [1.54, 1.807) is 6.92 Å². The molecule has 0 spiro atoms. The van der Waals surface area contributed by atoms with Crippen LogP contribution >= 0.6 is 0 Å². The highest BCUT2D eigenvalue weighted by molar-refractivity contribution is 5.73. The zero-order valence-electron chi connectivity index (χ0n) is 9.19. The maximum atomic E-state index is 10.6. The Morgan fingerprint density at radius 2 is 1.93 bits per heavy atom. The lowest BCUT2D eigenvalue weighted by molar-refractivity contribution is -0.147. The van der Waals surface area contributed by atoms with Gasteiger partial charge in [0.15, 0.2) is 6.10 Å². The van der Waals surface area contributed by atoms with Gasteiger partial charge in [-0.25, -0.2) is 4.79 Å². The Morgan fingerprint density at radius 3 is 2.40 bits per heavy atom. The van der Waals surface area contributed by atoms with Gasteiger partial charge in [0.1, 0.15) is 0 Å². The van der Waals surface area contributed by atoms with Crippen molar-refractivity contribution in [2.45, 2.75) is 32.8 Å². The molecule has 0 aliphatic heterocycles. The van der Waals surface area contributed by atoms with Crippen molar-refractivity contribution in [1.29, 1.82) is 0 Å². The van der Waals surface area contributed by atoms with Gasteiger partial charge in [-0.15, -0.1) is 0 Å². The molecule has 0 bridgehead atoms. The molecule has 3 nitrogen and oxygen atoms in total. The summed E-state index contributed by atoms with van der Waals surface area (Å²) in [6.07, 6.45) is -1.34. The molecule has 0 heterocycles. The molecule has 0 saturated carbocycles. The molecule has 3 heteroatoms. The standard InChI is InChI=1S/C12H16O3/c1-7-4-5-10(8(2)6-7)9(3)11(13)12(14)15/h4-6,9,11,13H,1-3H3,(H,14,15). The fourth-order valence-corrected chi connectivity index (χ4v) is 1.72. The summed E-state index contributed by atoms with van der Waals surface area (Å²) in [5.41, 5.74) is 3.03. The molecule has 1 rings (SSSR count). The molecular weight excluding hydrogens is 192 g/mol. The van der Waals surface area contributed by atoms with E-state index in [9.17, 15) is 9.90 Å². The number of carboxylic acid groups (broad SMARTS) is 1. The fraction of sp³-hybridized carbons (Fsp3) is 0.417. The van der Waals surface area contributed by atoms with E-state index in [2.05, 4.69) is 0 Å². The first-order valence-electron chi connectivity index (χ1n) is 4.91. The number of hydrogen-bond donors (Lipinski definition) is 2. The number of aliphatic hydroxyl groups excluding tert-OH is 1. The lowest BCUT2D eigenvalue weighted by Crippen LogP contribution is -2.26. The Bertz CT molecular complexity index is 371. The first-order valence-corrected chi connectivity index (χ1v) is 4.91. The first kappa shape index (κ1) is 11.7. The van der Waals surface area contributed by atoms with E-state index in [4.69, 9.17) is 5.11 Å². The summed E-state index contributed by atoms with van der Waals surface area (Å²) in [5.74, 6) is -1.56. The molecule has 0 fully saturated rings. The zero-order valence-corrected chi connectivity index (χ0v) is 9.19. The van der Waals surface area contributed by atoms with Crippen molar-refractivity contribution in [3.05, 3.63) is 34.9 Å². The average molecular weight is 208 g/mol. The summed E-state index contributed by atoms with van der Waals surface area (Å²) in [5, 5.41) is 18.2. The van der Waals surface area contributed by atoms with Crippen molar-refractivity contribution >= 4 is 5.97 Å². The molecular formula is C12H16O3. The number of benzene rings is 1. The van der Waals surface area contributed by atoms with Gasteiger partial charge < -0.3 is 10.2 Å². The van der Waals surface area contributed by atoms with Gasteiger partial charge >= 0.3 is 5.97 Å². The molecule has 15 heavy (non-hydrogen) atoms. The van der Waals surface area contributed by atoms with Crippen molar-refractivity contribution in [3.8, 4) is 0 Å². The third-order valence-electron chi connectivity index (χ3n) is 2.64. The second-order valence-electron chi connectivity index (χ2n) is 3.93. The van der Waals surface area contributed by atoms with E-state index in [1.807, 2.05) is 32.0 Å². The molecule has 0 aliphatic rings. The summed E-state index contributed by atoms with van der Waals surface area (Å²) in [6, 6.07) is 5.79. The molecule has 0 aromatic heterocycles. The number of carboxylic acids is 1. The fourth-order valence-electron chi connectivity index (χ4n) is 1.72. The predicted molar refractivity (Wildman–Crippen MR) is 58.0 cm³/mol.